The molecule has 0 aliphatic carbocycles. The predicted molar refractivity (Wildman–Crippen MR) is 85.5 cm³/mol. The third kappa shape index (κ3) is 3.36. The van der Waals surface area contributed by atoms with Crippen LogP contribution in [0.4, 0.5) is 0 Å². The van der Waals surface area contributed by atoms with Gasteiger partial charge in [-0.25, -0.2) is 4.98 Å². The van der Waals surface area contributed by atoms with Crippen LogP contribution in [0.1, 0.15) is 43.9 Å². The summed E-state index contributed by atoms with van der Waals surface area (Å²) < 4.78 is 5.68. The molecule has 118 valence electrons. The molecule has 22 heavy (non-hydrogen) atoms. The van der Waals surface area contributed by atoms with Crippen LogP contribution < -0.4 is 0 Å². The summed E-state index contributed by atoms with van der Waals surface area (Å²) in [6, 6.07) is 4.27. The molecule has 1 fully saturated rings. The highest BCUT2D eigenvalue weighted by Crippen LogP contribution is 2.27. The lowest BCUT2D eigenvalue weighted by Crippen LogP contribution is -2.39. The van der Waals surface area contributed by atoms with Crippen LogP contribution in [-0.2, 0) is 16.7 Å². The van der Waals surface area contributed by atoms with E-state index in [1.54, 1.807) is 0 Å². The summed E-state index contributed by atoms with van der Waals surface area (Å²) in [6.45, 7) is 9.79. The van der Waals surface area contributed by atoms with Gasteiger partial charge < -0.3 is 9.72 Å². The SMILES string of the molecule is CC(C)(C)c1cnc(C2COCCN2Cc2cccnc2)[nH]1. The number of imidazole rings is 1. The molecule has 0 aromatic carbocycles. The standard InChI is InChI=1S/C17H24N4O/c1-17(2,3)15-10-19-16(20-15)14-12-22-8-7-21(14)11-13-5-4-6-18-9-13/h4-6,9-10,14H,7-8,11-12H2,1-3H3,(H,19,20). The van der Waals surface area contributed by atoms with Crippen molar-refractivity contribution >= 4 is 0 Å². The first-order valence-corrected chi connectivity index (χ1v) is 7.80. The first kappa shape index (κ1) is 15.2. The van der Waals surface area contributed by atoms with E-state index in [0.29, 0.717) is 6.61 Å². The normalized spacial score (nSPS) is 20.2. The summed E-state index contributed by atoms with van der Waals surface area (Å²) in [7, 11) is 0. The molecule has 0 amide bonds. The van der Waals surface area contributed by atoms with Crippen molar-refractivity contribution in [2.24, 2.45) is 0 Å². The minimum atomic E-state index is 0.0783. The molecule has 1 aliphatic rings. The lowest BCUT2D eigenvalue weighted by molar-refractivity contribution is -0.0157. The van der Waals surface area contributed by atoms with Crippen LogP contribution in [0, 0.1) is 0 Å². The van der Waals surface area contributed by atoms with Crippen molar-refractivity contribution in [3.63, 3.8) is 0 Å². The van der Waals surface area contributed by atoms with E-state index in [2.05, 4.69) is 46.7 Å². The van der Waals surface area contributed by atoms with Gasteiger partial charge in [0.15, 0.2) is 0 Å². The Kier molecular flexibility index (Phi) is 4.27. The van der Waals surface area contributed by atoms with Gasteiger partial charge in [-0.15, -0.1) is 0 Å². The smallest absolute Gasteiger partial charge is 0.126 e. The van der Waals surface area contributed by atoms with E-state index in [0.717, 1.165) is 31.2 Å². The van der Waals surface area contributed by atoms with Crippen molar-refractivity contribution in [3.8, 4) is 0 Å². The molecule has 5 heteroatoms. The summed E-state index contributed by atoms with van der Waals surface area (Å²) in [4.78, 5) is 14.7. The monoisotopic (exact) mass is 300 g/mol. The molecule has 1 N–H and O–H groups in total. The average Bonchev–Trinajstić information content (AvgIpc) is 2.99. The second-order valence-electron chi connectivity index (χ2n) is 6.85. The Hall–Kier alpha value is -1.72. The van der Waals surface area contributed by atoms with E-state index in [1.807, 2.05) is 24.7 Å². The summed E-state index contributed by atoms with van der Waals surface area (Å²) >= 11 is 0. The van der Waals surface area contributed by atoms with Crippen molar-refractivity contribution in [3.05, 3.63) is 47.8 Å². The minimum absolute atomic E-state index is 0.0783. The molecular formula is C17H24N4O. The van der Waals surface area contributed by atoms with E-state index in [1.165, 1.54) is 5.56 Å². The molecule has 0 bridgehead atoms. The third-order valence-corrected chi connectivity index (χ3v) is 4.07. The highest BCUT2D eigenvalue weighted by molar-refractivity contribution is 5.15. The average molecular weight is 300 g/mol. The topological polar surface area (TPSA) is 54.0 Å². The van der Waals surface area contributed by atoms with Crippen LogP contribution in [-0.4, -0.2) is 39.6 Å². The van der Waals surface area contributed by atoms with E-state index < -0.39 is 0 Å². The van der Waals surface area contributed by atoms with E-state index in [4.69, 9.17) is 4.74 Å². The molecule has 5 nitrogen and oxygen atoms in total. The lowest BCUT2D eigenvalue weighted by atomic mass is 9.93. The molecule has 0 radical (unpaired) electrons. The Labute approximate surface area is 131 Å². The molecule has 3 rings (SSSR count). The molecule has 2 aromatic heterocycles. The van der Waals surface area contributed by atoms with E-state index in [-0.39, 0.29) is 11.5 Å². The van der Waals surface area contributed by atoms with Crippen molar-refractivity contribution in [1.29, 1.82) is 0 Å². The van der Waals surface area contributed by atoms with Gasteiger partial charge in [0.25, 0.3) is 0 Å². The number of hydrogen-bond acceptors (Lipinski definition) is 4. The van der Waals surface area contributed by atoms with E-state index >= 15 is 0 Å². The van der Waals surface area contributed by atoms with Crippen LogP contribution in [0.5, 0.6) is 0 Å². The number of pyridine rings is 1. The Morgan fingerprint density at radius 1 is 1.36 bits per heavy atom. The first-order chi connectivity index (χ1) is 10.5. The molecule has 2 aromatic rings. The maximum absolute atomic E-state index is 5.68. The van der Waals surface area contributed by atoms with Gasteiger partial charge in [0.2, 0.25) is 0 Å². The number of H-pyrrole nitrogens is 1. The quantitative estimate of drug-likeness (QED) is 0.947. The fraction of sp³-hybridized carbons (Fsp3) is 0.529. The minimum Gasteiger partial charge on any atom is -0.378 e. The molecular weight excluding hydrogens is 276 g/mol. The van der Waals surface area contributed by atoms with Gasteiger partial charge in [0, 0.05) is 42.8 Å². The highest BCUT2D eigenvalue weighted by Gasteiger charge is 2.28. The van der Waals surface area contributed by atoms with Gasteiger partial charge in [-0.2, -0.15) is 0 Å². The van der Waals surface area contributed by atoms with Crippen molar-refractivity contribution < 1.29 is 4.74 Å². The second-order valence-corrected chi connectivity index (χ2v) is 6.85. The number of aromatic amines is 1. The second kappa shape index (κ2) is 6.18. The number of hydrogen-bond donors (Lipinski definition) is 1. The zero-order valence-electron chi connectivity index (χ0n) is 13.5. The molecule has 1 saturated heterocycles. The molecule has 3 heterocycles. The van der Waals surface area contributed by atoms with Gasteiger partial charge in [0.05, 0.1) is 19.3 Å². The Morgan fingerprint density at radius 3 is 2.91 bits per heavy atom. The van der Waals surface area contributed by atoms with Gasteiger partial charge in [-0.05, 0) is 11.6 Å². The molecule has 0 saturated carbocycles. The van der Waals surface area contributed by atoms with E-state index in [9.17, 15) is 0 Å². The highest BCUT2D eigenvalue weighted by atomic mass is 16.5. The molecule has 1 unspecified atom stereocenters. The largest absolute Gasteiger partial charge is 0.378 e. The Morgan fingerprint density at radius 2 is 2.23 bits per heavy atom. The van der Waals surface area contributed by atoms with Crippen molar-refractivity contribution in [1.82, 2.24) is 19.9 Å². The van der Waals surface area contributed by atoms with Gasteiger partial charge >= 0.3 is 0 Å². The number of nitrogens with one attached hydrogen (secondary N) is 1. The van der Waals surface area contributed by atoms with Crippen LogP contribution in [0.2, 0.25) is 0 Å². The summed E-state index contributed by atoms with van der Waals surface area (Å²) in [5.74, 6) is 0.994. The number of nitrogens with zero attached hydrogens (tertiary/aromatic N) is 3. The number of aromatic nitrogens is 3. The zero-order chi connectivity index (χ0) is 15.6. The number of rotatable bonds is 3. The Balaban J connectivity index is 1.79. The van der Waals surface area contributed by atoms with Gasteiger partial charge in [-0.1, -0.05) is 26.8 Å². The van der Waals surface area contributed by atoms with Gasteiger partial charge in [0.1, 0.15) is 5.82 Å². The maximum atomic E-state index is 5.68. The number of ether oxygens (including phenoxy) is 1. The van der Waals surface area contributed by atoms with Crippen LogP contribution in [0.25, 0.3) is 0 Å². The first-order valence-electron chi connectivity index (χ1n) is 7.80. The fourth-order valence-electron chi connectivity index (χ4n) is 2.69. The maximum Gasteiger partial charge on any atom is 0.126 e. The summed E-state index contributed by atoms with van der Waals surface area (Å²) in [6.07, 6.45) is 5.68. The fourth-order valence-corrected chi connectivity index (χ4v) is 2.69. The summed E-state index contributed by atoms with van der Waals surface area (Å²) in [5, 5.41) is 0. The third-order valence-electron chi connectivity index (χ3n) is 4.07. The van der Waals surface area contributed by atoms with Crippen LogP contribution in [0.15, 0.2) is 30.7 Å². The summed E-state index contributed by atoms with van der Waals surface area (Å²) in [5.41, 5.74) is 2.46. The van der Waals surface area contributed by atoms with Crippen LogP contribution in [0.3, 0.4) is 0 Å². The molecule has 1 aliphatic heterocycles. The van der Waals surface area contributed by atoms with Gasteiger partial charge in [-0.3, -0.25) is 9.88 Å². The number of morpholine rings is 1. The predicted octanol–water partition coefficient (Wildman–Crippen LogP) is 2.68. The zero-order valence-corrected chi connectivity index (χ0v) is 13.5. The molecule has 0 spiro atoms. The lowest BCUT2D eigenvalue weighted by Gasteiger charge is -2.34. The van der Waals surface area contributed by atoms with Crippen molar-refractivity contribution in [2.75, 3.05) is 19.8 Å². The molecule has 1 atom stereocenters. The Bertz CT molecular complexity index is 603. The van der Waals surface area contributed by atoms with Crippen LogP contribution >= 0.6 is 0 Å². The van der Waals surface area contributed by atoms with Crippen molar-refractivity contribution in [2.45, 2.75) is 38.8 Å².